The number of hydrogen-bond acceptors (Lipinski definition) is 4. The second-order valence-electron chi connectivity index (χ2n) is 4.39. The molecule has 23 heavy (non-hydrogen) atoms. The molecule has 0 aliphatic rings. The van der Waals surface area contributed by atoms with Gasteiger partial charge in [-0.05, 0) is 30.3 Å². The van der Waals surface area contributed by atoms with Gasteiger partial charge in [0.1, 0.15) is 11.5 Å². The van der Waals surface area contributed by atoms with E-state index >= 15 is 0 Å². The van der Waals surface area contributed by atoms with Gasteiger partial charge >= 0.3 is 12.1 Å². The fraction of sp³-hybridized carbons (Fsp3) is 0.133. The van der Waals surface area contributed by atoms with Crippen molar-refractivity contribution in [1.82, 2.24) is 0 Å². The smallest absolute Gasteiger partial charge is 0.419 e. The topological polar surface area (TPSA) is 47.6 Å². The van der Waals surface area contributed by atoms with Crippen LogP contribution in [-0.4, -0.2) is 13.1 Å². The molecular formula is C15H11ClF3NO3. The van der Waals surface area contributed by atoms with Crippen molar-refractivity contribution in [2.24, 2.45) is 0 Å². The quantitative estimate of drug-likeness (QED) is 0.635. The number of alkyl halides is 3. The number of methoxy groups -OCH3 is 1. The number of esters is 1. The van der Waals surface area contributed by atoms with Crippen molar-refractivity contribution in [3.63, 3.8) is 0 Å². The molecule has 0 aromatic heterocycles. The first kappa shape index (κ1) is 17.0. The monoisotopic (exact) mass is 345 g/mol. The third-order valence-corrected chi connectivity index (χ3v) is 3.12. The van der Waals surface area contributed by atoms with E-state index in [1.165, 1.54) is 43.5 Å². The molecule has 0 bridgehead atoms. The van der Waals surface area contributed by atoms with Gasteiger partial charge in [0, 0.05) is 11.8 Å². The third-order valence-electron chi connectivity index (χ3n) is 2.92. The Bertz CT molecular complexity index is 719. The molecule has 0 aliphatic heterocycles. The van der Waals surface area contributed by atoms with Crippen molar-refractivity contribution in [3.8, 4) is 11.5 Å². The van der Waals surface area contributed by atoms with Crippen molar-refractivity contribution in [3.05, 3.63) is 53.6 Å². The fourth-order valence-corrected chi connectivity index (χ4v) is 2.03. The Morgan fingerprint density at radius 1 is 1.17 bits per heavy atom. The first-order chi connectivity index (χ1) is 10.9. The predicted octanol–water partition coefficient (Wildman–Crippen LogP) is 4.85. The maximum Gasteiger partial charge on any atom is 0.419 e. The summed E-state index contributed by atoms with van der Waals surface area (Å²) in [5.74, 6) is -1.04. The van der Waals surface area contributed by atoms with Crippen LogP contribution in [0.15, 0.2) is 42.5 Å². The van der Waals surface area contributed by atoms with Crippen LogP contribution in [0.25, 0.3) is 0 Å². The van der Waals surface area contributed by atoms with E-state index in [0.29, 0.717) is 0 Å². The van der Waals surface area contributed by atoms with Crippen LogP contribution in [0.5, 0.6) is 11.5 Å². The summed E-state index contributed by atoms with van der Waals surface area (Å²) in [4.78, 5) is 13.9. The van der Waals surface area contributed by atoms with Gasteiger partial charge in [-0.1, -0.05) is 12.1 Å². The fourth-order valence-electron chi connectivity index (χ4n) is 1.86. The Kier molecular flexibility index (Phi) is 5.00. The molecule has 0 aliphatic carbocycles. The number of ether oxygens (including phenoxy) is 2. The Labute approximate surface area is 134 Å². The Morgan fingerprint density at radius 3 is 2.48 bits per heavy atom. The largest absolute Gasteiger partial charge is 0.465 e. The standard InChI is InChI=1S/C15H11ClF3NO3/c1-22-14(21)10-8-9(6-7-12(10)20-16)23-13-5-3-2-4-11(13)15(17,18)19/h2-8,20H,1H3. The van der Waals surface area contributed by atoms with Crippen LogP contribution in [0.3, 0.4) is 0 Å². The van der Waals surface area contributed by atoms with Gasteiger partial charge in [0.15, 0.2) is 0 Å². The zero-order chi connectivity index (χ0) is 17.0. The van der Waals surface area contributed by atoms with E-state index in [1.807, 2.05) is 0 Å². The maximum absolute atomic E-state index is 13.0. The average Bonchev–Trinajstić information content (AvgIpc) is 2.53. The highest BCUT2D eigenvalue weighted by Gasteiger charge is 2.34. The van der Waals surface area contributed by atoms with E-state index in [2.05, 4.69) is 9.57 Å². The van der Waals surface area contributed by atoms with E-state index in [-0.39, 0.29) is 22.7 Å². The SMILES string of the molecule is COC(=O)c1cc(Oc2ccccc2C(F)(F)F)ccc1NCl. The highest BCUT2D eigenvalue weighted by molar-refractivity contribution is 6.25. The van der Waals surface area contributed by atoms with E-state index in [9.17, 15) is 18.0 Å². The summed E-state index contributed by atoms with van der Waals surface area (Å²) in [6.45, 7) is 0. The number of carbonyl (C=O) groups is 1. The van der Waals surface area contributed by atoms with Gasteiger partial charge in [-0.15, -0.1) is 0 Å². The lowest BCUT2D eigenvalue weighted by Crippen LogP contribution is -2.07. The molecule has 0 saturated heterocycles. The van der Waals surface area contributed by atoms with Crippen LogP contribution in [0.4, 0.5) is 18.9 Å². The minimum Gasteiger partial charge on any atom is -0.465 e. The van der Waals surface area contributed by atoms with Crippen molar-refractivity contribution in [2.75, 3.05) is 11.9 Å². The number of halogens is 4. The minimum atomic E-state index is -4.56. The van der Waals surface area contributed by atoms with Gasteiger partial charge in [-0.3, -0.25) is 4.84 Å². The molecule has 1 N–H and O–H groups in total. The third kappa shape index (κ3) is 3.87. The number of hydrogen-bond donors (Lipinski definition) is 1. The second kappa shape index (κ2) is 6.78. The number of rotatable bonds is 4. The molecule has 0 radical (unpaired) electrons. The molecule has 0 heterocycles. The van der Waals surface area contributed by atoms with Gasteiger partial charge in [0.2, 0.25) is 0 Å². The number of anilines is 1. The van der Waals surface area contributed by atoms with Crippen LogP contribution < -0.4 is 9.57 Å². The van der Waals surface area contributed by atoms with Gasteiger partial charge < -0.3 is 9.47 Å². The van der Waals surface area contributed by atoms with Gasteiger partial charge in [0.05, 0.1) is 23.9 Å². The molecule has 0 spiro atoms. The first-order valence-electron chi connectivity index (χ1n) is 6.30. The van der Waals surface area contributed by atoms with Crippen molar-refractivity contribution in [2.45, 2.75) is 6.18 Å². The molecule has 2 aromatic carbocycles. The Morgan fingerprint density at radius 2 is 1.87 bits per heavy atom. The maximum atomic E-state index is 13.0. The van der Waals surface area contributed by atoms with Crippen molar-refractivity contribution < 1.29 is 27.4 Å². The summed E-state index contributed by atoms with van der Waals surface area (Å²) in [5, 5.41) is 0. The summed E-state index contributed by atoms with van der Waals surface area (Å²) in [5.41, 5.74) is -0.640. The second-order valence-corrected chi connectivity index (χ2v) is 4.58. The number of nitrogens with one attached hydrogen (secondary N) is 1. The van der Waals surface area contributed by atoms with E-state index in [0.717, 1.165) is 6.07 Å². The molecule has 0 atom stereocenters. The van der Waals surface area contributed by atoms with Crippen LogP contribution in [0.2, 0.25) is 0 Å². The lowest BCUT2D eigenvalue weighted by Gasteiger charge is -2.14. The van der Waals surface area contributed by atoms with Gasteiger partial charge in [-0.2, -0.15) is 13.2 Å². The van der Waals surface area contributed by atoms with E-state index in [4.69, 9.17) is 16.5 Å². The molecule has 0 saturated carbocycles. The molecule has 4 nitrogen and oxygen atoms in total. The molecule has 122 valence electrons. The summed E-state index contributed by atoms with van der Waals surface area (Å²) in [6.07, 6.45) is -4.56. The lowest BCUT2D eigenvalue weighted by molar-refractivity contribution is -0.138. The van der Waals surface area contributed by atoms with Crippen molar-refractivity contribution >= 4 is 23.4 Å². The van der Waals surface area contributed by atoms with E-state index < -0.39 is 17.7 Å². The minimum absolute atomic E-state index is 0.0319. The number of para-hydroxylation sites is 1. The Balaban J connectivity index is 2.40. The molecule has 0 unspecified atom stereocenters. The first-order valence-corrected chi connectivity index (χ1v) is 6.67. The molecule has 0 fully saturated rings. The highest BCUT2D eigenvalue weighted by atomic mass is 35.5. The summed E-state index contributed by atoms with van der Waals surface area (Å²) >= 11 is 5.48. The molecule has 2 rings (SSSR count). The molecule has 2 aromatic rings. The number of carbonyl (C=O) groups excluding carboxylic acids is 1. The zero-order valence-corrected chi connectivity index (χ0v) is 12.5. The summed E-state index contributed by atoms with van der Waals surface area (Å²) in [6, 6.07) is 8.79. The summed E-state index contributed by atoms with van der Waals surface area (Å²) < 4.78 is 48.7. The lowest BCUT2D eigenvalue weighted by atomic mass is 10.1. The molecule has 0 amide bonds. The van der Waals surface area contributed by atoms with Crippen LogP contribution >= 0.6 is 11.8 Å². The average molecular weight is 346 g/mol. The van der Waals surface area contributed by atoms with Crippen LogP contribution in [0, 0.1) is 0 Å². The van der Waals surface area contributed by atoms with Gasteiger partial charge in [-0.25, -0.2) is 4.79 Å². The van der Waals surface area contributed by atoms with Crippen LogP contribution in [-0.2, 0) is 10.9 Å². The Hall–Kier alpha value is -2.41. The summed E-state index contributed by atoms with van der Waals surface area (Å²) in [7, 11) is 1.17. The molecule has 8 heteroatoms. The van der Waals surface area contributed by atoms with Crippen LogP contribution in [0.1, 0.15) is 15.9 Å². The number of benzene rings is 2. The predicted molar refractivity (Wildman–Crippen MR) is 78.8 cm³/mol. The molecular weight excluding hydrogens is 335 g/mol. The zero-order valence-electron chi connectivity index (χ0n) is 11.8. The van der Waals surface area contributed by atoms with Gasteiger partial charge in [0.25, 0.3) is 0 Å². The normalized spacial score (nSPS) is 11.0. The highest BCUT2D eigenvalue weighted by Crippen LogP contribution is 2.38. The van der Waals surface area contributed by atoms with E-state index in [1.54, 1.807) is 0 Å². The van der Waals surface area contributed by atoms with Crippen molar-refractivity contribution in [1.29, 1.82) is 0 Å².